The third-order valence-corrected chi connectivity index (χ3v) is 5.64. The predicted octanol–water partition coefficient (Wildman–Crippen LogP) is 2.47. The number of nitrogens with zero attached hydrogens (tertiary/aromatic N) is 2. The van der Waals surface area contributed by atoms with Gasteiger partial charge in [-0.1, -0.05) is 6.07 Å². The molecule has 3 amide bonds. The quantitative estimate of drug-likeness (QED) is 0.283. The van der Waals surface area contributed by atoms with Gasteiger partial charge in [0, 0.05) is 23.9 Å². The Morgan fingerprint density at radius 2 is 1.94 bits per heavy atom. The summed E-state index contributed by atoms with van der Waals surface area (Å²) in [5.41, 5.74) is 0.769. The lowest BCUT2D eigenvalue weighted by Crippen LogP contribution is -2.36. The molecule has 11 heteroatoms. The van der Waals surface area contributed by atoms with Crippen molar-refractivity contribution >= 4 is 35.1 Å². The maximum Gasteiger partial charge on any atom is 0.338 e. The van der Waals surface area contributed by atoms with Crippen molar-refractivity contribution in [2.45, 2.75) is 25.9 Å². The molecule has 11 nitrogen and oxygen atoms in total. The normalized spacial score (nSPS) is 17.0. The molecule has 2 aliphatic heterocycles. The van der Waals surface area contributed by atoms with Crippen LogP contribution < -0.4 is 5.32 Å². The summed E-state index contributed by atoms with van der Waals surface area (Å²) >= 11 is 0. The number of ether oxygens (including phenoxy) is 2. The first-order valence-corrected chi connectivity index (χ1v) is 10.6. The zero-order valence-corrected chi connectivity index (χ0v) is 18.2. The number of nitro benzene ring substituents is 1. The van der Waals surface area contributed by atoms with E-state index in [1.165, 1.54) is 36.4 Å². The highest BCUT2D eigenvalue weighted by molar-refractivity contribution is 6.22. The molecule has 4 rings (SSSR count). The van der Waals surface area contributed by atoms with Crippen LogP contribution in [0.1, 0.15) is 49.5 Å². The first-order chi connectivity index (χ1) is 16.2. The van der Waals surface area contributed by atoms with Gasteiger partial charge in [-0.15, -0.1) is 0 Å². The number of carbonyl (C=O) groups is 4. The molecule has 0 unspecified atom stereocenters. The largest absolute Gasteiger partial charge is 0.452 e. The number of rotatable bonds is 7. The van der Waals surface area contributed by atoms with Gasteiger partial charge in [0.05, 0.1) is 34.3 Å². The number of benzene rings is 2. The molecule has 176 valence electrons. The summed E-state index contributed by atoms with van der Waals surface area (Å²) in [7, 11) is 0. The maximum atomic E-state index is 12.7. The number of esters is 1. The molecule has 1 N–H and O–H groups in total. The molecule has 1 fully saturated rings. The van der Waals surface area contributed by atoms with Gasteiger partial charge >= 0.3 is 5.97 Å². The Bertz CT molecular complexity index is 1200. The van der Waals surface area contributed by atoms with Gasteiger partial charge in [-0.25, -0.2) is 4.79 Å². The third-order valence-electron chi connectivity index (χ3n) is 5.64. The van der Waals surface area contributed by atoms with E-state index in [9.17, 15) is 29.3 Å². The van der Waals surface area contributed by atoms with E-state index >= 15 is 0 Å². The molecule has 0 aromatic heterocycles. The summed E-state index contributed by atoms with van der Waals surface area (Å²) in [6, 6.07) is 8.20. The van der Waals surface area contributed by atoms with Crippen molar-refractivity contribution < 1.29 is 33.6 Å². The average Bonchev–Trinajstić information content (AvgIpc) is 3.41. The standard InChI is InChI=1S/C23H21N3O8/c1-13-4-6-15(10-19(13)26(31)32)24-20(27)12-34-23(30)14-5-7-17-18(9-14)22(29)25(21(17)28)11-16-3-2-8-33-16/h4-7,9-10,16H,2-3,8,11-12H2,1H3,(H,24,27)/t16-/m1/s1. The number of hydrogen-bond donors (Lipinski definition) is 1. The highest BCUT2D eigenvalue weighted by Gasteiger charge is 2.38. The van der Waals surface area contributed by atoms with E-state index < -0.39 is 35.2 Å². The number of hydrogen-bond acceptors (Lipinski definition) is 8. The number of fused-ring (bicyclic) bond motifs is 1. The van der Waals surface area contributed by atoms with Crippen molar-refractivity contribution in [2.24, 2.45) is 0 Å². The van der Waals surface area contributed by atoms with Gasteiger partial charge in [-0.3, -0.25) is 29.4 Å². The van der Waals surface area contributed by atoms with Crippen LogP contribution in [0.15, 0.2) is 36.4 Å². The van der Waals surface area contributed by atoms with Crippen LogP contribution in [0.25, 0.3) is 0 Å². The number of amides is 3. The fourth-order valence-corrected chi connectivity index (χ4v) is 3.87. The van der Waals surface area contributed by atoms with Crippen LogP contribution in [-0.4, -0.2) is 59.4 Å². The number of anilines is 1. The molecule has 1 atom stereocenters. The van der Waals surface area contributed by atoms with Gasteiger partial charge in [0.25, 0.3) is 23.4 Å². The molecular weight excluding hydrogens is 446 g/mol. The number of nitrogens with one attached hydrogen (secondary N) is 1. The van der Waals surface area contributed by atoms with Crippen LogP contribution in [-0.2, 0) is 14.3 Å². The molecule has 0 radical (unpaired) electrons. The van der Waals surface area contributed by atoms with E-state index in [0.29, 0.717) is 12.2 Å². The topological polar surface area (TPSA) is 145 Å². The van der Waals surface area contributed by atoms with Crippen LogP contribution in [0.2, 0.25) is 0 Å². The molecular formula is C23H21N3O8. The lowest BCUT2D eigenvalue weighted by molar-refractivity contribution is -0.385. The number of imide groups is 1. The summed E-state index contributed by atoms with van der Waals surface area (Å²) in [6.07, 6.45) is 1.45. The number of nitro groups is 1. The predicted molar refractivity (Wildman–Crippen MR) is 118 cm³/mol. The summed E-state index contributed by atoms with van der Waals surface area (Å²) in [5.74, 6) is -2.50. The summed E-state index contributed by atoms with van der Waals surface area (Å²) < 4.78 is 10.5. The zero-order valence-electron chi connectivity index (χ0n) is 18.2. The fourth-order valence-electron chi connectivity index (χ4n) is 3.87. The second-order valence-electron chi connectivity index (χ2n) is 8.00. The fraction of sp³-hybridized carbons (Fsp3) is 0.304. The molecule has 2 aromatic rings. The van der Waals surface area contributed by atoms with Gasteiger partial charge in [0.15, 0.2) is 6.61 Å². The SMILES string of the molecule is Cc1ccc(NC(=O)COC(=O)c2ccc3c(c2)C(=O)N(C[C@H]2CCCO2)C3=O)cc1[N+](=O)[O-]. The Morgan fingerprint density at radius 1 is 1.18 bits per heavy atom. The lowest BCUT2D eigenvalue weighted by atomic mass is 10.1. The highest BCUT2D eigenvalue weighted by Crippen LogP contribution is 2.26. The molecule has 0 spiro atoms. The summed E-state index contributed by atoms with van der Waals surface area (Å²) in [6.45, 7) is 1.68. The number of carbonyl (C=O) groups excluding carboxylic acids is 4. The van der Waals surface area contributed by atoms with E-state index in [-0.39, 0.29) is 40.7 Å². The van der Waals surface area contributed by atoms with Crippen molar-refractivity contribution in [1.29, 1.82) is 0 Å². The minimum Gasteiger partial charge on any atom is -0.452 e. The Labute approximate surface area is 193 Å². The van der Waals surface area contributed by atoms with Crippen LogP contribution in [0.5, 0.6) is 0 Å². The molecule has 34 heavy (non-hydrogen) atoms. The van der Waals surface area contributed by atoms with Crippen molar-refractivity contribution in [1.82, 2.24) is 4.90 Å². The van der Waals surface area contributed by atoms with E-state index in [1.807, 2.05) is 0 Å². The Morgan fingerprint density at radius 3 is 2.65 bits per heavy atom. The van der Waals surface area contributed by atoms with Crippen LogP contribution >= 0.6 is 0 Å². The maximum absolute atomic E-state index is 12.7. The molecule has 0 bridgehead atoms. The van der Waals surface area contributed by atoms with Gasteiger partial charge in [0.2, 0.25) is 0 Å². The van der Waals surface area contributed by atoms with Gasteiger partial charge in [-0.05, 0) is 44.0 Å². The molecule has 2 aliphatic rings. The molecule has 2 heterocycles. The van der Waals surface area contributed by atoms with E-state index in [0.717, 1.165) is 17.7 Å². The van der Waals surface area contributed by atoms with Gasteiger partial charge < -0.3 is 14.8 Å². The zero-order chi connectivity index (χ0) is 24.4. The minimum atomic E-state index is -0.856. The monoisotopic (exact) mass is 467 g/mol. The van der Waals surface area contributed by atoms with Crippen molar-refractivity contribution in [3.63, 3.8) is 0 Å². The Balaban J connectivity index is 1.37. The van der Waals surface area contributed by atoms with Crippen LogP contribution in [0.3, 0.4) is 0 Å². The lowest BCUT2D eigenvalue weighted by Gasteiger charge is -2.17. The second-order valence-corrected chi connectivity index (χ2v) is 8.00. The van der Waals surface area contributed by atoms with E-state index in [1.54, 1.807) is 6.92 Å². The highest BCUT2D eigenvalue weighted by atomic mass is 16.6. The van der Waals surface area contributed by atoms with Crippen molar-refractivity contribution in [2.75, 3.05) is 25.1 Å². The smallest absolute Gasteiger partial charge is 0.338 e. The number of aryl methyl sites for hydroxylation is 1. The van der Waals surface area contributed by atoms with Gasteiger partial charge in [-0.2, -0.15) is 0 Å². The Kier molecular flexibility index (Phi) is 6.37. The minimum absolute atomic E-state index is 0.0117. The van der Waals surface area contributed by atoms with Gasteiger partial charge in [0.1, 0.15) is 0 Å². The molecule has 2 aromatic carbocycles. The van der Waals surface area contributed by atoms with E-state index in [4.69, 9.17) is 9.47 Å². The molecule has 1 saturated heterocycles. The van der Waals surface area contributed by atoms with Crippen molar-refractivity contribution in [3.8, 4) is 0 Å². The Hall–Kier alpha value is -4.12. The van der Waals surface area contributed by atoms with Crippen molar-refractivity contribution in [3.05, 3.63) is 68.8 Å². The first-order valence-electron chi connectivity index (χ1n) is 10.6. The third kappa shape index (κ3) is 4.64. The second kappa shape index (κ2) is 9.40. The van der Waals surface area contributed by atoms with Crippen LogP contribution in [0, 0.1) is 17.0 Å². The van der Waals surface area contributed by atoms with E-state index in [2.05, 4.69) is 5.32 Å². The first kappa shape index (κ1) is 23.1. The average molecular weight is 467 g/mol. The molecule has 0 saturated carbocycles. The molecule has 0 aliphatic carbocycles. The summed E-state index contributed by atoms with van der Waals surface area (Å²) in [5, 5.41) is 13.5. The summed E-state index contributed by atoms with van der Waals surface area (Å²) in [4.78, 5) is 61.4. The van der Waals surface area contributed by atoms with Crippen LogP contribution in [0.4, 0.5) is 11.4 Å².